The number of phenolic OH excluding ortho intramolecular Hbond substituents is 1. The van der Waals surface area contributed by atoms with Gasteiger partial charge in [0.1, 0.15) is 5.75 Å². The predicted octanol–water partition coefficient (Wildman–Crippen LogP) is 2.59. The van der Waals surface area contributed by atoms with E-state index >= 15 is 0 Å². The van der Waals surface area contributed by atoms with E-state index in [4.69, 9.17) is 9.47 Å². The van der Waals surface area contributed by atoms with Crippen LogP contribution in [-0.4, -0.2) is 43.0 Å². The molecule has 136 valence electrons. The third kappa shape index (κ3) is 3.04. The van der Waals surface area contributed by atoms with Gasteiger partial charge in [0.05, 0.1) is 6.10 Å². The number of ether oxygens (including phenoxy) is 2. The lowest BCUT2D eigenvalue weighted by atomic mass is 9.57. The van der Waals surface area contributed by atoms with Gasteiger partial charge >= 0.3 is 0 Å². The Kier molecular flexibility index (Phi) is 4.46. The minimum absolute atomic E-state index is 0.0323. The summed E-state index contributed by atoms with van der Waals surface area (Å²) in [6.07, 6.45) is 3.94. The number of nitrogens with one attached hydrogen (secondary N) is 1. The summed E-state index contributed by atoms with van der Waals surface area (Å²) in [5.74, 6) is 0.688. The van der Waals surface area contributed by atoms with Gasteiger partial charge in [0.2, 0.25) is 5.91 Å². The monoisotopic (exact) mass is 345 g/mol. The highest BCUT2D eigenvalue weighted by molar-refractivity contribution is 5.83. The van der Waals surface area contributed by atoms with Crippen LogP contribution in [0.5, 0.6) is 5.75 Å². The molecule has 0 aromatic heterocycles. The Morgan fingerprint density at radius 1 is 1.36 bits per heavy atom. The van der Waals surface area contributed by atoms with E-state index < -0.39 is 0 Å². The molecule has 2 aliphatic carbocycles. The molecule has 1 aromatic carbocycles. The third-order valence-corrected chi connectivity index (χ3v) is 6.32. The van der Waals surface area contributed by atoms with Gasteiger partial charge in [-0.05, 0) is 56.2 Å². The van der Waals surface area contributed by atoms with E-state index in [-0.39, 0.29) is 41.1 Å². The number of hydrogen-bond donors (Lipinski definition) is 2. The molecule has 4 atom stereocenters. The van der Waals surface area contributed by atoms with Crippen molar-refractivity contribution < 1.29 is 19.4 Å². The summed E-state index contributed by atoms with van der Waals surface area (Å²) in [5.41, 5.74) is 1.11. The summed E-state index contributed by atoms with van der Waals surface area (Å²) in [4.78, 5) is 12.7. The van der Waals surface area contributed by atoms with Gasteiger partial charge in [-0.15, -0.1) is 0 Å². The molecule has 3 aliphatic rings. The number of amides is 1. The Hall–Kier alpha value is -1.59. The molecule has 0 unspecified atom stereocenters. The first kappa shape index (κ1) is 16.9. The number of carbonyl (C=O) groups is 1. The van der Waals surface area contributed by atoms with Crippen LogP contribution in [0, 0.1) is 11.3 Å². The number of carbonyl (C=O) groups excluding carboxylic acids is 1. The van der Waals surface area contributed by atoms with Gasteiger partial charge < -0.3 is 19.9 Å². The largest absolute Gasteiger partial charge is 0.508 e. The summed E-state index contributed by atoms with van der Waals surface area (Å²) in [6.45, 7) is 4.26. The highest BCUT2D eigenvalue weighted by atomic mass is 16.5. The molecule has 2 N–H and O–H groups in total. The maximum Gasteiger partial charge on any atom is 0.223 e. The van der Waals surface area contributed by atoms with E-state index in [1.165, 1.54) is 0 Å². The molecule has 5 nitrogen and oxygen atoms in total. The first-order chi connectivity index (χ1) is 12.1. The average molecular weight is 345 g/mol. The molecule has 1 aromatic rings. The Morgan fingerprint density at radius 2 is 2.16 bits per heavy atom. The van der Waals surface area contributed by atoms with Crippen LogP contribution in [0.4, 0.5) is 0 Å². The van der Waals surface area contributed by atoms with Gasteiger partial charge in [0.25, 0.3) is 0 Å². The summed E-state index contributed by atoms with van der Waals surface area (Å²) in [5, 5.41) is 12.9. The minimum Gasteiger partial charge on any atom is -0.508 e. The van der Waals surface area contributed by atoms with Crippen LogP contribution in [0.3, 0.4) is 0 Å². The molecule has 1 spiro atoms. The van der Waals surface area contributed by atoms with Crippen LogP contribution >= 0.6 is 0 Å². The molecule has 0 radical (unpaired) electrons. The number of phenols is 1. The van der Waals surface area contributed by atoms with Crippen LogP contribution < -0.4 is 5.32 Å². The maximum absolute atomic E-state index is 12.7. The smallest absolute Gasteiger partial charge is 0.223 e. The van der Waals surface area contributed by atoms with Crippen molar-refractivity contribution in [2.75, 3.05) is 19.8 Å². The van der Waals surface area contributed by atoms with Crippen molar-refractivity contribution in [2.45, 2.75) is 50.7 Å². The quantitative estimate of drug-likeness (QED) is 0.861. The van der Waals surface area contributed by atoms with Gasteiger partial charge in [-0.1, -0.05) is 12.1 Å². The number of hydrogen-bond acceptors (Lipinski definition) is 4. The standard InChI is InChI=1S/C20H27NO4/c1-2-25-18-12-17(20(18)6-8-24-9-7-20)21-19(23)16-11-15(16)13-4-3-5-14(22)10-13/h3-5,10,15-18,22H,2,6-9,11-12H2,1H3,(H,21,23)/t15-,16+,17-,18-/m1/s1. The molecule has 1 saturated heterocycles. The summed E-state index contributed by atoms with van der Waals surface area (Å²) >= 11 is 0. The lowest BCUT2D eigenvalue weighted by Crippen LogP contribution is -2.66. The molecular weight excluding hydrogens is 318 g/mol. The molecule has 3 fully saturated rings. The van der Waals surface area contributed by atoms with Crippen molar-refractivity contribution in [3.05, 3.63) is 29.8 Å². The molecule has 2 saturated carbocycles. The molecule has 5 heteroatoms. The first-order valence-corrected chi connectivity index (χ1v) is 9.42. The van der Waals surface area contributed by atoms with Crippen molar-refractivity contribution in [3.63, 3.8) is 0 Å². The second-order valence-corrected chi connectivity index (χ2v) is 7.63. The number of aromatic hydroxyl groups is 1. The van der Waals surface area contributed by atoms with Crippen LogP contribution in [0.25, 0.3) is 0 Å². The van der Waals surface area contributed by atoms with E-state index in [2.05, 4.69) is 5.32 Å². The Labute approximate surface area is 148 Å². The van der Waals surface area contributed by atoms with E-state index in [9.17, 15) is 9.90 Å². The topological polar surface area (TPSA) is 67.8 Å². The lowest BCUT2D eigenvalue weighted by Gasteiger charge is -2.57. The zero-order valence-corrected chi connectivity index (χ0v) is 14.7. The minimum atomic E-state index is 0.0323. The summed E-state index contributed by atoms with van der Waals surface area (Å²) in [6, 6.07) is 7.47. The van der Waals surface area contributed by atoms with E-state index in [1.54, 1.807) is 12.1 Å². The molecule has 1 heterocycles. The summed E-state index contributed by atoms with van der Waals surface area (Å²) in [7, 11) is 0. The van der Waals surface area contributed by atoms with E-state index in [1.807, 2.05) is 19.1 Å². The zero-order chi connectivity index (χ0) is 17.4. The molecular formula is C20H27NO4. The van der Waals surface area contributed by atoms with Crippen LogP contribution in [-0.2, 0) is 14.3 Å². The Morgan fingerprint density at radius 3 is 2.88 bits per heavy atom. The zero-order valence-electron chi connectivity index (χ0n) is 14.7. The van der Waals surface area contributed by atoms with E-state index in [0.29, 0.717) is 0 Å². The predicted molar refractivity (Wildman–Crippen MR) is 93.4 cm³/mol. The molecule has 0 bridgehead atoms. The van der Waals surface area contributed by atoms with Gasteiger partial charge in [0.15, 0.2) is 0 Å². The molecule has 25 heavy (non-hydrogen) atoms. The van der Waals surface area contributed by atoms with Gasteiger partial charge in [-0.2, -0.15) is 0 Å². The fourth-order valence-corrected chi connectivity index (χ4v) is 4.69. The maximum atomic E-state index is 12.7. The van der Waals surface area contributed by atoms with Crippen LogP contribution in [0.2, 0.25) is 0 Å². The van der Waals surface area contributed by atoms with E-state index in [0.717, 1.165) is 51.1 Å². The Bertz CT molecular complexity index is 640. The SMILES string of the molecule is CCO[C@@H]1C[C@@H](NC(=O)[C@H]2C[C@@H]2c2cccc(O)c2)C12CCOCC2. The average Bonchev–Trinajstić information content (AvgIpc) is 3.42. The van der Waals surface area contributed by atoms with Gasteiger partial charge in [-0.25, -0.2) is 0 Å². The normalized spacial score (nSPS) is 32.8. The lowest BCUT2D eigenvalue weighted by molar-refractivity contribution is -0.176. The highest BCUT2D eigenvalue weighted by Crippen LogP contribution is 2.52. The van der Waals surface area contributed by atoms with Gasteiger partial charge in [0, 0.05) is 37.2 Å². The molecule has 4 rings (SSSR count). The summed E-state index contributed by atoms with van der Waals surface area (Å²) < 4.78 is 11.5. The van der Waals surface area contributed by atoms with Crippen molar-refractivity contribution in [1.29, 1.82) is 0 Å². The van der Waals surface area contributed by atoms with Gasteiger partial charge in [-0.3, -0.25) is 4.79 Å². The fraction of sp³-hybridized carbons (Fsp3) is 0.650. The number of rotatable bonds is 5. The first-order valence-electron chi connectivity index (χ1n) is 9.42. The molecule has 1 aliphatic heterocycles. The Balaban J connectivity index is 1.38. The van der Waals surface area contributed by atoms with Crippen molar-refractivity contribution in [2.24, 2.45) is 11.3 Å². The number of benzene rings is 1. The second-order valence-electron chi connectivity index (χ2n) is 7.63. The second kappa shape index (κ2) is 6.61. The fourth-order valence-electron chi connectivity index (χ4n) is 4.69. The van der Waals surface area contributed by atoms with Crippen LogP contribution in [0.1, 0.15) is 44.1 Å². The highest BCUT2D eigenvalue weighted by Gasteiger charge is 2.57. The van der Waals surface area contributed by atoms with Crippen molar-refractivity contribution >= 4 is 5.91 Å². The van der Waals surface area contributed by atoms with Crippen molar-refractivity contribution in [1.82, 2.24) is 5.32 Å². The van der Waals surface area contributed by atoms with Crippen LogP contribution in [0.15, 0.2) is 24.3 Å². The third-order valence-electron chi connectivity index (χ3n) is 6.32. The molecule has 1 amide bonds. The van der Waals surface area contributed by atoms with Crippen molar-refractivity contribution in [3.8, 4) is 5.75 Å².